The molecule has 0 amide bonds. The first-order chi connectivity index (χ1) is 4.96. The fraction of sp³-hybridized carbons (Fsp3) is 1.00. The summed E-state index contributed by atoms with van der Waals surface area (Å²) >= 11 is 37.4. The minimum atomic E-state index is -3.74. The molecule has 0 N–H and O–H groups in total. The Labute approximate surface area is 104 Å². The van der Waals surface area contributed by atoms with Crippen LogP contribution in [0.4, 0.5) is 0 Å². The Morgan fingerprint density at radius 2 is 1.33 bits per heavy atom. The summed E-state index contributed by atoms with van der Waals surface area (Å²) in [5, 5.41) is 0. The molecule has 0 saturated carbocycles. The smallest absolute Gasteiger partial charge is 0.286 e. The van der Waals surface area contributed by atoms with Gasteiger partial charge in [-0.1, -0.05) is 58.0 Å². The first kappa shape index (κ1) is 14.3. The lowest BCUT2D eigenvalue weighted by Gasteiger charge is -2.23. The van der Waals surface area contributed by atoms with Gasteiger partial charge in [0.1, 0.15) is 0 Å². The van der Waals surface area contributed by atoms with Crippen molar-refractivity contribution in [2.45, 2.75) is 14.3 Å². The highest BCUT2D eigenvalue weighted by Gasteiger charge is 2.48. The molecule has 0 atom stereocenters. The third-order valence-corrected chi connectivity index (χ3v) is 6.58. The largest absolute Gasteiger partial charge is 0.287 e. The molecule has 0 unspecified atom stereocenters. The zero-order chi connectivity index (χ0) is 10.2. The van der Waals surface area contributed by atoms with E-state index in [1.165, 1.54) is 0 Å². The van der Waals surface area contributed by atoms with E-state index < -0.39 is 20.1 Å². The Kier molecular flexibility index (Phi) is 5.24. The Hall–Kier alpha value is 2.26. The molecule has 0 aliphatic rings. The average Bonchev–Trinajstić information content (AvgIpc) is 1.52. The Balaban J connectivity index is 4.56. The van der Waals surface area contributed by atoms with Crippen molar-refractivity contribution in [1.82, 2.24) is 0 Å². The second-order valence-electron chi connectivity index (χ2n) is 1.92. The third kappa shape index (κ3) is 5.22. The van der Waals surface area contributed by atoms with Crippen molar-refractivity contribution in [1.29, 1.82) is 0 Å². The number of hydrogen-bond donors (Lipinski definition) is 0. The summed E-state index contributed by atoms with van der Waals surface area (Å²) in [6, 6.07) is 0. The summed E-state index contributed by atoms with van der Waals surface area (Å²) in [7, 11) is 0. The van der Waals surface area contributed by atoms with E-state index >= 15 is 0 Å². The van der Waals surface area contributed by atoms with E-state index in [9.17, 15) is 4.57 Å². The maximum absolute atomic E-state index is 11.0. The van der Waals surface area contributed by atoms with E-state index in [4.69, 9.17) is 80.5 Å². The minimum absolute atomic E-state index is 0.419. The summed E-state index contributed by atoms with van der Waals surface area (Å²) in [6.07, 6.45) is -0.419. The second kappa shape index (κ2) is 4.41. The number of halogens is 7. The predicted molar refractivity (Wildman–Crippen MR) is 58.7 cm³/mol. The van der Waals surface area contributed by atoms with E-state index in [1.807, 2.05) is 0 Å². The molecular formula is C3H2Cl7OP. The maximum Gasteiger partial charge on any atom is 0.287 e. The Morgan fingerprint density at radius 3 is 1.42 bits per heavy atom. The summed E-state index contributed by atoms with van der Waals surface area (Å²) < 4.78 is 7.31. The highest BCUT2D eigenvalue weighted by Crippen LogP contribution is 2.73. The predicted octanol–water partition coefficient (Wildman–Crippen LogP) is 5.55. The minimum Gasteiger partial charge on any atom is -0.286 e. The van der Waals surface area contributed by atoms with Crippen molar-refractivity contribution < 1.29 is 4.57 Å². The van der Waals surface area contributed by atoms with E-state index in [1.54, 1.807) is 0 Å². The van der Waals surface area contributed by atoms with Crippen LogP contribution in [-0.2, 0) is 4.57 Å². The van der Waals surface area contributed by atoms with Crippen molar-refractivity contribution in [2.75, 3.05) is 0 Å². The van der Waals surface area contributed by atoms with Gasteiger partial charge < -0.3 is 0 Å². The van der Waals surface area contributed by atoms with Crippen molar-refractivity contribution in [3.8, 4) is 0 Å². The van der Waals surface area contributed by atoms with Gasteiger partial charge in [0, 0.05) is 6.42 Å². The molecule has 12 heavy (non-hydrogen) atoms. The summed E-state index contributed by atoms with van der Waals surface area (Å²) in [4.78, 5) is 0. The first-order valence-corrected chi connectivity index (χ1v) is 7.80. The van der Waals surface area contributed by atoms with Crippen LogP contribution in [0, 0.1) is 0 Å². The molecule has 9 heteroatoms. The molecule has 0 aromatic carbocycles. The quantitative estimate of drug-likeness (QED) is 0.478. The molecule has 0 spiro atoms. The van der Waals surface area contributed by atoms with Crippen molar-refractivity contribution in [3.05, 3.63) is 0 Å². The monoisotopic (exact) mass is 330 g/mol. The lowest BCUT2D eigenvalue weighted by atomic mass is 10.5. The summed E-state index contributed by atoms with van der Waals surface area (Å²) in [5.41, 5.74) is 0. The molecule has 1 nitrogen and oxygen atoms in total. The van der Waals surface area contributed by atoms with Gasteiger partial charge in [0.2, 0.25) is 4.07 Å². The van der Waals surface area contributed by atoms with Gasteiger partial charge in [-0.15, -0.1) is 0 Å². The number of hydrogen-bond acceptors (Lipinski definition) is 1. The number of rotatable bonds is 2. The van der Waals surface area contributed by atoms with E-state index in [-0.39, 0.29) is 0 Å². The van der Waals surface area contributed by atoms with Gasteiger partial charge in [-0.2, -0.15) is 0 Å². The van der Waals surface area contributed by atoms with E-state index in [2.05, 4.69) is 0 Å². The highest BCUT2D eigenvalue weighted by molar-refractivity contribution is 8.11. The zero-order valence-electron chi connectivity index (χ0n) is 5.21. The third-order valence-electron chi connectivity index (χ3n) is 0.794. The van der Waals surface area contributed by atoms with Gasteiger partial charge in [-0.3, -0.25) is 4.57 Å². The lowest BCUT2D eigenvalue weighted by Crippen LogP contribution is -2.18. The molecule has 0 radical (unpaired) electrons. The molecule has 0 aliphatic heterocycles. The van der Waals surface area contributed by atoms with Gasteiger partial charge in [0.15, 0.2) is 3.79 Å². The standard InChI is InChI=1S/C3H2Cl7OP/c4-2(5,6)1-3(7,8)12(9,10)11/h1H2. The van der Waals surface area contributed by atoms with E-state index in [0.29, 0.717) is 0 Å². The van der Waals surface area contributed by atoms with Gasteiger partial charge in [-0.25, -0.2) is 0 Å². The molecule has 0 saturated heterocycles. The van der Waals surface area contributed by atoms with Crippen LogP contribution in [0.5, 0.6) is 0 Å². The van der Waals surface area contributed by atoms with Crippen LogP contribution in [0.3, 0.4) is 0 Å². The normalized spacial score (nSPS) is 14.9. The second-order valence-corrected chi connectivity index (χ2v) is 11.5. The van der Waals surface area contributed by atoms with Crippen LogP contribution in [0.15, 0.2) is 0 Å². The SMILES string of the molecule is O=P(Cl)(Cl)C(Cl)(Cl)CC(Cl)(Cl)Cl. The van der Waals surface area contributed by atoms with Crippen LogP contribution in [0.2, 0.25) is 0 Å². The van der Waals surface area contributed by atoms with E-state index in [0.717, 1.165) is 0 Å². The Morgan fingerprint density at radius 1 is 1.00 bits per heavy atom. The van der Waals surface area contributed by atoms with Crippen LogP contribution < -0.4 is 0 Å². The molecule has 0 heterocycles. The maximum atomic E-state index is 11.0. The lowest BCUT2D eigenvalue weighted by molar-refractivity contribution is 0.585. The highest BCUT2D eigenvalue weighted by atomic mass is 35.9. The number of alkyl halides is 5. The Bertz CT molecular complexity index is 201. The van der Waals surface area contributed by atoms with Crippen molar-refractivity contribution >= 4 is 86.3 Å². The average molecular weight is 333 g/mol. The summed E-state index contributed by atoms with van der Waals surface area (Å²) in [6.45, 7) is 0. The first-order valence-electron chi connectivity index (χ1n) is 2.40. The van der Waals surface area contributed by atoms with Crippen LogP contribution in [0.1, 0.15) is 6.42 Å². The molecular weight excluding hydrogens is 331 g/mol. The molecule has 0 bridgehead atoms. The molecule has 0 aromatic heterocycles. The van der Waals surface area contributed by atoms with Crippen LogP contribution in [-0.4, -0.2) is 7.87 Å². The molecule has 0 aromatic rings. The van der Waals surface area contributed by atoms with Crippen LogP contribution >= 0.6 is 86.3 Å². The molecule has 0 rings (SSSR count). The van der Waals surface area contributed by atoms with Crippen LogP contribution in [0.25, 0.3) is 0 Å². The van der Waals surface area contributed by atoms with Crippen molar-refractivity contribution in [2.24, 2.45) is 0 Å². The summed E-state index contributed by atoms with van der Waals surface area (Å²) in [5.74, 6) is -3.74. The zero-order valence-corrected chi connectivity index (χ0v) is 11.4. The molecule has 0 fully saturated rings. The van der Waals surface area contributed by atoms with Gasteiger partial charge in [-0.05, 0) is 22.5 Å². The topological polar surface area (TPSA) is 17.1 Å². The van der Waals surface area contributed by atoms with Gasteiger partial charge in [0.25, 0.3) is 5.85 Å². The molecule has 0 aliphatic carbocycles. The van der Waals surface area contributed by atoms with Gasteiger partial charge in [0.05, 0.1) is 0 Å². The molecule has 74 valence electrons. The van der Waals surface area contributed by atoms with Crippen molar-refractivity contribution in [3.63, 3.8) is 0 Å². The van der Waals surface area contributed by atoms with Gasteiger partial charge >= 0.3 is 0 Å². The fourth-order valence-electron chi connectivity index (χ4n) is 0.333. The fourth-order valence-corrected chi connectivity index (χ4v) is 2.81.